The second-order valence-electron chi connectivity index (χ2n) is 6.68. The molecule has 1 fully saturated rings. The van der Waals surface area contributed by atoms with Gasteiger partial charge >= 0.3 is 0 Å². The summed E-state index contributed by atoms with van der Waals surface area (Å²) >= 11 is 0. The fourth-order valence-electron chi connectivity index (χ4n) is 2.98. The number of aliphatic hydroxyl groups is 2. The molecule has 1 aliphatic rings. The Balaban J connectivity index is 1.93. The van der Waals surface area contributed by atoms with Gasteiger partial charge in [-0.1, -0.05) is 25.3 Å². The Kier molecular flexibility index (Phi) is 8.86. The summed E-state index contributed by atoms with van der Waals surface area (Å²) in [5.41, 5.74) is 0.890. The number of aliphatic hydroxyl groups excluding tert-OH is 2. The molecule has 2 N–H and O–H groups in total. The molecule has 1 saturated heterocycles. The summed E-state index contributed by atoms with van der Waals surface area (Å²) in [6.45, 7) is 1.90. The van der Waals surface area contributed by atoms with Gasteiger partial charge in [-0.2, -0.15) is 0 Å². The van der Waals surface area contributed by atoms with Crippen LogP contribution in [0.3, 0.4) is 0 Å². The van der Waals surface area contributed by atoms with E-state index in [0.29, 0.717) is 32.5 Å². The number of rotatable bonds is 2. The number of pyridine rings is 1. The first kappa shape index (κ1) is 19.8. The number of hydrogen-bond donors (Lipinski definition) is 2. The topological polar surface area (TPSA) is 82.9 Å². The molecule has 1 aliphatic heterocycles. The second-order valence-corrected chi connectivity index (χ2v) is 6.68. The average Bonchev–Trinajstić information content (AvgIpc) is 2.62. The first-order valence-corrected chi connectivity index (χ1v) is 9.27. The van der Waals surface area contributed by atoms with Gasteiger partial charge in [-0.25, -0.2) is 0 Å². The van der Waals surface area contributed by atoms with E-state index >= 15 is 0 Å². The lowest BCUT2D eigenvalue weighted by molar-refractivity contribution is -0.131. The van der Waals surface area contributed by atoms with Crippen LogP contribution < -0.4 is 0 Å². The molecule has 0 aliphatic carbocycles. The van der Waals surface area contributed by atoms with E-state index in [1.165, 1.54) is 0 Å². The van der Waals surface area contributed by atoms with E-state index in [1.54, 1.807) is 17.3 Å². The van der Waals surface area contributed by atoms with E-state index < -0.39 is 12.2 Å². The van der Waals surface area contributed by atoms with E-state index in [9.17, 15) is 15.0 Å². The summed E-state index contributed by atoms with van der Waals surface area (Å²) in [4.78, 5) is 18.5. The highest BCUT2D eigenvalue weighted by Crippen LogP contribution is 2.11. The van der Waals surface area contributed by atoms with Crippen molar-refractivity contribution in [3.8, 4) is 0 Å². The first-order chi connectivity index (χ1) is 12.2. The molecule has 0 unspecified atom stereocenters. The number of ether oxygens (including phenoxy) is 1. The predicted octanol–water partition coefficient (Wildman–Crippen LogP) is 1.55. The monoisotopic (exact) mass is 350 g/mol. The molecule has 0 spiro atoms. The van der Waals surface area contributed by atoms with Crippen molar-refractivity contribution >= 4 is 5.91 Å². The van der Waals surface area contributed by atoms with Crippen molar-refractivity contribution < 1.29 is 19.7 Å². The van der Waals surface area contributed by atoms with Gasteiger partial charge < -0.3 is 19.8 Å². The lowest BCUT2D eigenvalue weighted by atomic mass is 10.1. The number of carbonyl (C=O) groups is 1. The molecule has 1 aromatic rings. The zero-order chi connectivity index (χ0) is 17.9. The van der Waals surface area contributed by atoms with Crippen LogP contribution in [0.4, 0.5) is 0 Å². The molecule has 0 radical (unpaired) electrons. The van der Waals surface area contributed by atoms with Crippen LogP contribution in [-0.4, -0.2) is 64.5 Å². The molecule has 0 bridgehead atoms. The van der Waals surface area contributed by atoms with Gasteiger partial charge in [0.2, 0.25) is 5.91 Å². The quantitative estimate of drug-likeness (QED) is 0.845. The van der Waals surface area contributed by atoms with E-state index in [-0.39, 0.29) is 12.5 Å². The molecule has 140 valence electrons. The van der Waals surface area contributed by atoms with Crippen LogP contribution in [0.15, 0.2) is 24.5 Å². The van der Waals surface area contributed by atoms with Crippen LogP contribution in [0.5, 0.6) is 0 Å². The summed E-state index contributed by atoms with van der Waals surface area (Å²) in [7, 11) is 0. The minimum Gasteiger partial charge on any atom is -0.390 e. The highest BCUT2D eigenvalue weighted by Gasteiger charge is 2.20. The highest BCUT2D eigenvalue weighted by molar-refractivity contribution is 5.78. The van der Waals surface area contributed by atoms with Crippen LogP contribution in [0.25, 0.3) is 0 Å². The SMILES string of the molecule is O=C(Cc1cccnc1)N1CCCCCCCOC[C@@H](O)[C@@H](O)CC1. The van der Waals surface area contributed by atoms with Crippen molar-refractivity contribution in [1.82, 2.24) is 9.88 Å². The highest BCUT2D eigenvalue weighted by atomic mass is 16.5. The van der Waals surface area contributed by atoms with Gasteiger partial charge in [0, 0.05) is 32.1 Å². The van der Waals surface area contributed by atoms with Gasteiger partial charge in [0.25, 0.3) is 0 Å². The molecule has 0 saturated carbocycles. The van der Waals surface area contributed by atoms with Crippen LogP contribution in [-0.2, 0) is 16.0 Å². The first-order valence-electron chi connectivity index (χ1n) is 9.27. The van der Waals surface area contributed by atoms with E-state index in [4.69, 9.17) is 4.74 Å². The van der Waals surface area contributed by atoms with Gasteiger partial charge in [-0.3, -0.25) is 9.78 Å². The van der Waals surface area contributed by atoms with Crippen LogP contribution >= 0.6 is 0 Å². The lowest BCUT2D eigenvalue weighted by Gasteiger charge is -2.26. The van der Waals surface area contributed by atoms with Crippen molar-refractivity contribution in [2.75, 3.05) is 26.3 Å². The largest absolute Gasteiger partial charge is 0.390 e. The third kappa shape index (κ3) is 7.50. The summed E-state index contributed by atoms with van der Waals surface area (Å²) in [5, 5.41) is 20.1. The van der Waals surface area contributed by atoms with Crippen LogP contribution in [0.2, 0.25) is 0 Å². The minimum absolute atomic E-state index is 0.0398. The molecular weight excluding hydrogens is 320 g/mol. The molecule has 2 atom stereocenters. The van der Waals surface area contributed by atoms with E-state index in [0.717, 1.165) is 37.7 Å². The molecule has 6 nitrogen and oxygen atoms in total. The Morgan fingerprint density at radius 3 is 2.76 bits per heavy atom. The van der Waals surface area contributed by atoms with Gasteiger partial charge in [0.15, 0.2) is 0 Å². The summed E-state index contributed by atoms with van der Waals surface area (Å²) < 4.78 is 5.42. The Morgan fingerprint density at radius 1 is 1.16 bits per heavy atom. The Labute approximate surface area is 149 Å². The number of amides is 1. The van der Waals surface area contributed by atoms with Crippen molar-refractivity contribution in [1.29, 1.82) is 0 Å². The van der Waals surface area contributed by atoms with Gasteiger partial charge in [-0.15, -0.1) is 0 Å². The Hall–Kier alpha value is -1.50. The maximum Gasteiger partial charge on any atom is 0.227 e. The minimum atomic E-state index is -0.904. The predicted molar refractivity (Wildman–Crippen MR) is 95.1 cm³/mol. The van der Waals surface area contributed by atoms with Gasteiger partial charge in [-0.05, 0) is 30.9 Å². The van der Waals surface area contributed by atoms with Crippen LogP contribution in [0.1, 0.15) is 44.1 Å². The normalized spacial score (nSPS) is 24.5. The maximum absolute atomic E-state index is 12.6. The lowest BCUT2D eigenvalue weighted by Crippen LogP contribution is -2.39. The van der Waals surface area contributed by atoms with E-state index in [1.807, 2.05) is 12.1 Å². The number of aromatic nitrogens is 1. The molecule has 6 heteroatoms. The summed E-state index contributed by atoms with van der Waals surface area (Å²) in [6.07, 6.45) is 7.50. The number of hydrogen-bond acceptors (Lipinski definition) is 5. The standard InChI is InChI=1S/C19H30N2O4/c22-17-8-11-21(19(24)13-16-7-6-9-20-14-16)10-4-2-1-3-5-12-25-15-18(17)23/h6-7,9,14,17-18,22-23H,1-5,8,10-13,15H2/t17-,18+/m0/s1. The number of carbonyl (C=O) groups excluding carboxylic acids is 1. The molecule has 2 rings (SSSR count). The van der Waals surface area contributed by atoms with Crippen molar-refractivity contribution in [2.45, 2.75) is 57.2 Å². The zero-order valence-corrected chi connectivity index (χ0v) is 14.8. The van der Waals surface area contributed by atoms with E-state index in [2.05, 4.69) is 4.98 Å². The fourth-order valence-corrected chi connectivity index (χ4v) is 2.98. The third-order valence-electron chi connectivity index (χ3n) is 4.58. The Bertz CT molecular complexity index is 497. The van der Waals surface area contributed by atoms with Gasteiger partial charge in [0.05, 0.1) is 19.1 Å². The Morgan fingerprint density at radius 2 is 1.96 bits per heavy atom. The molecule has 25 heavy (non-hydrogen) atoms. The van der Waals surface area contributed by atoms with Crippen molar-refractivity contribution in [3.05, 3.63) is 30.1 Å². The smallest absolute Gasteiger partial charge is 0.227 e. The van der Waals surface area contributed by atoms with Crippen molar-refractivity contribution in [3.63, 3.8) is 0 Å². The van der Waals surface area contributed by atoms with Crippen molar-refractivity contribution in [2.24, 2.45) is 0 Å². The summed E-state index contributed by atoms with van der Waals surface area (Å²) in [5.74, 6) is 0.0398. The maximum atomic E-state index is 12.6. The second kappa shape index (κ2) is 11.2. The molecular formula is C19H30N2O4. The third-order valence-corrected chi connectivity index (χ3v) is 4.58. The molecule has 1 aromatic heterocycles. The fraction of sp³-hybridized carbons (Fsp3) is 0.684. The van der Waals surface area contributed by atoms with Crippen LogP contribution in [0, 0.1) is 0 Å². The summed E-state index contributed by atoms with van der Waals surface area (Å²) in [6, 6.07) is 3.72. The molecule has 1 amide bonds. The van der Waals surface area contributed by atoms with Gasteiger partial charge in [0.1, 0.15) is 6.10 Å². The zero-order valence-electron chi connectivity index (χ0n) is 14.8. The number of nitrogens with zero attached hydrogens (tertiary/aromatic N) is 2. The molecule has 2 heterocycles. The molecule has 0 aromatic carbocycles. The average molecular weight is 350 g/mol.